The second-order valence-electron chi connectivity index (χ2n) is 4.88. The van der Waals surface area contributed by atoms with Crippen LogP contribution < -0.4 is 0 Å². The van der Waals surface area contributed by atoms with Crippen LogP contribution in [0.3, 0.4) is 0 Å². The average Bonchev–Trinajstić information content (AvgIpc) is 2.46. The van der Waals surface area contributed by atoms with Crippen molar-refractivity contribution in [1.29, 1.82) is 0 Å². The van der Waals surface area contributed by atoms with Gasteiger partial charge in [-0.05, 0) is 73.2 Å². The smallest absolute Gasteiger partial charge is 0.115 e. The lowest BCUT2D eigenvalue weighted by Crippen LogP contribution is -2.01. The fourth-order valence-corrected chi connectivity index (χ4v) is 2.42. The Hall–Kier alpha value is -2.16. The van der Waals surface area contributed by atoms with Gasteiger partial charge in [0.2, 0.25) is 0 Å². The molecule has 3 heteroatoms. The van der Waals surface area contributed by atoms with Crippen LogP contribution >= 0.6 is 0 Å². The molecule has 0 fully saturated rings. The van der Waals surface area contributed by atoms with Crippen LogP contribution in [-0.2, 0) is 12.8 Å². The van der Waals surface area contributed by atoms with Gasteiger partial charge in [-0.2, -0.15) is 10.2 Å². The van der Waals surface area contributed by atoms with Gasteiger partial charge in [-0.15, -0.1) is 0 Å². The summed E-state index contributed by atoms with van der Waals surface area (Å²) in [5.74, 6) is 0.243. The molecular weight excluding hydrogens is 236 g/mol. The number of phenols is 1. The lowest BCUT2D eigenvalue weighted by molar-refractivity contribution is 0.475. The van der Waals surface area contributed by atoms with Crippen LogP contribution in [0.2, 0.25) is 0 Å². The van der Waals surface area contributed by atoms with Crippen LogP contribution in [0.4, 0.5) is 11.4 Å². The first-order chi connectivity index (χ1) is 9.31. The van der Waals surface area contributed by atoms with Crippen molar-refractivity contribution < 1.29 is 5.11 Å². The van der Waals surface area contributed by atoms with E-state index < -0.39 is 0 Å². The summed E-state index contributed by atoms with van der Waals surface area (Å²) >= 11 is 0. The molecule has 1 N–H and O–H groups in total. The van der Waals surface area contributed by atoms with E-state index >= 15 is 0 Å². The summed E-state index contributed by atoms with van der Waals surface area (Å²) in [6, 6.07) is 13.0. The summed E-state index contributed by atoms with van der Waals surface area (Å²) in [5, 5.41) is 17.6. The van der Waals surface area contributed by atoms with Crippen molar-refractivity contribution in [1.82, 2.24) is 0 Å². The summed E-state index contributed by atoms with van der Waals surface area (Å²) in [7, 11) is 0. The van der Waals surface area contributed by atoms with Crippen molar-refractivity contribution in [3.05, 3.63) is 53.6 Å². The quantitative estimate of drug-likeness (QED) is 0.774. The van der Waals surface area contributed by atoms with Crippen LogP contribution in [0.15, 0.2) is 52.7 Å². The van der Waals surface area contributed by atoms with Gasteiger partial charge in [0.25, 0.3) is 0 Å². The van der Waals surface area contributed by atoms with E-state index in [0.29, 0.717) is 0 Å². The van der Waals surface area contributed by atoms with E-state index in [9.17, 15) is 5.11 Å². The molecule has 2 aromatic rings. The van der Waals surface area contributed by atoms with Crippen LogP contribution in [0.25, 0.3) is 0 Å². The normalized spacial score (nSPS) is 14.5. The number of nitrogens with zero attached hydrogens (tertiary/aromatic N) is 2. The molecule has 0 bridgehead atoms. The van der Waals surface area contributed by atoms with Gasteiger partial charge in [0.15, 0.2) is 0 Å². The Balaban J connectivity index is 1.81. The lowest BCUT2D eigenvalue weighted by atomic mass is 9.91. The number of aryl methyl sites for hydroxylation is 2. The van der Waals surface area contributed by atoms with Gasteiger partial charge in [0.1, 0.15) is 5.75 Å². The zero-order chi connectivity index (χ0) is 13.1. The number of aromatic hydroxyl groups is 1. The Labute approximate surface area is 112 Å². The van der Waals surface area contributed by atoms with Crippen molar-refractivity contribution >= 4 is 11.4 Å². The van der Waals surface area contributed by atoms with Crippen molar-refractivity contribution in [2.75, 3.05) is 0 Å². The minimum absolute atomic E-state index is 0.243. The summed E-state index contributed by atoms with van der Waals surface area (Å²) in [6.45, 7) is 0. The van der Waals surface area contributed by atoms with E-state index in [2.05, 4.69) is 22.4 Å². The molecule has 0 spiro atoms. The molecule has 0 saturated heterocycles. The van der Waals surface area contributed by atoms with Gasteiger partial charge in [-0.1, -0.05) is 6.07 Å². The van der Waals surface area contributed by atoms with Crippen LogP contribution in [0, 0.1) is 0 Å². The highest BCUT2D eigenvalue weighted by Gasteiger charge is 2.08. The molecule has 96 valence electrons. The Morgan fingerprint density at radius 1 is 0.737 bits per heavy atom. The Morgan fingerprint density at radius 3 is 2.16 bits per heavy atom. The molecule has 0 aromatic heterocycles. The summed E-state index contributed by atoms with van der Waals surface area (Å²) in [4.78, 5) is 0. The number of azo groups is 1. The van der Waals surface area contributed by atoms with Crippen LogP contribution in [0.5, 0.6) is 5.75 Å². The molecule has 0 heterocycles. The van der Waals surface area contributed by atoms with Gasteiger partial charge in [0.05, 0.1) is 11.4 Å². The first kappa shape index (κ1) is 11.9. The molecular formula is C16H16N2O. The predicted octanol–water partition coefficient (Wildman–Crippen LogP) is 4.69. The molecule has 3 nitrogen and oxygen atoms in total. The zero-order valence-electron chi connectivity index (χ0n) is 10.7. The van der Waals surface area contributed by atoms with Crippen LogP contribution in [0.1, 0.15) is 24.0 Å². The third-order valence-corrected chi connectivity index (χ3v) is 3.46. The van der Waals surface area contributed by atoms with Gasteiger partial charge < -0.3 is 5.11 Å². The van der Waals surface area contributed by atoms with Crippen molar-refractivity contribution in [2.45, 2.75) is 25.7 Å². The highest BCUT2D eigenvalue weighted by atomic mass is 16.3. The molecule has 0 atom stereocenters. The fourth-order valence-electron chi connectivity index (χ4n) is 2.42. The maximum Gasteiger partial charge on any atom is 0.115 e. The number of hydrogen-bond donors (Lipinski definition) is 1. The van der Waals surface area contributed by atoms with Crippen LogP contribution in [-0.4, -0.2) is 5.11 Å². The topological polar surface area (TPSA) is 45.0 Å². The summed E-state index contributed by atoms with van der Waals surface area (Å²) in [6.07, 6.45) is 4.90. The third kappa shape index (κ3) is 2.81. The predicted molar refractivity (Wildman–Crippen MR) is 75.4 cm³/mol. The molecule has 0 amide bonds. The standard InChI is InChI=1S/C16H16N2O/c19-16-9-7-14(8-10-16)17-18-15-6-5-12-3-1-2-4-13(12)11-15/h5-11,19H,1-4H2. The van der Waals surface area contributed by atoms with E-state index in [0.717, 1.165) is 17.8 Å². The molecule has 1 aliphatic carbocycles. The van der Waals surface area contributed by atoms with E-state index in [1.807, 2.05) is 6.07 Å². The summed E-state index contributed by atoms with van der Waals surface area (Å²) in [5.41, 5.74) is 4.51. The molecule has 0 aliphatic heterocycles. The highest BCUT2D eigenvalue weighted by molar-refractivity contribution is 5.46. The maximum absolute atomic E-state index is 9.20. The van der Waals surface area contributed by atoms with E-state index in [1.54, 1.807) is 24.3 Å². The monoisotopic (exact) mass is 252 g/mol. The Kier molecular flexibility index (Phi) is 3.27. The van der Waals surface area contributed by atoms with Gasteiger partial charge >= 0.3 is 0 Å². The molecule has 2 aromatic carbocycles. The Bertz CT molecular complexity index is 603. The number of benzene rings is 2. The largest absolute Gasteiger partial charge is 0.508 e. The average molecular weight is 252 g/mol. The number of phenolic OH excluding ortho intramolecular Hbond substituents is 1. The number of hydrogen-bond acceptors (Lipinski definition) is 3. The van der Waals surface area contributed by atoms with E-state index in [1.165, 1.54) is 30.4 Å². The number of fused-ring (bicyclic) bond motifs is 1. The van der Waals surface area contributed by atoms with Gasteiger partial charge in [0, 0.05) is 0 Å². The van der Waals surface area contributed by atoms with E-state index in [-0.39, 0.29) is 5.75 Å². The Morgan fingerprint density at radius 2 is 1.37 bits per heavy atom. The lowest BCUT2D eigenvalue weighted by Gasteiger charge is -2.15. The third-order valence-electron chi connectivity index (χ3n) is 3.46. The molecule has 0 unspecified atom stereocenters. The molecule has 1 aliphatic rings. The molecule has 0 radical (unpaired) electrons. The zero-order valence-corrected chi connectivity index (χ0v) is 10.7. The molecule has 19 heavy (non-hydrogen) atoms. The van der Waals surface area contributed by atoms with Crippen molar-refractivity contribution in [3.8, 4) is 5.75 Å². The first-order valence-electron chi connectivity index (χ1n) is 6.64. The molecule has 0 saturated carbocycles. The fraction of sp³-hybridized carbons (Fsp3) is 0.250. The van der Waals surface area contributed by atoms with E-state index in [4.69, 9.17) is 0 Å². The van der Waals surface area contributed by atoms with Gasteiger partial charge in [-0.25, -0.2) is 0 Å². The minimum atomic E-state index is 0.243. The summed E-state index contributed by atoms with van der Waals surface area (Å²) < 4.78 is 0. The number of rotatable bonds is 2. The van der Waals surface area contributed by atoms with Crippen molar-refractivity contribution in [3.63, 3.8) is 0 Å². The minimum Gasteiger partial charge on any atom is -0.508 e. The highest BCUT2D eigenvalue weighted by Crippen LogP contribution is 2.27. The van der Waals surface area contributed by atoms with Gasteiger partial charge in [-0.3, -0.25) is 0 Å². The first-order valence-corrected chi connectivity index (χ1v) is 6.64. The second kappa shape index (κ2) is 5.22. The maximum atomic E-state index is 9.20. The SMILES string of the molecule is Oc1ccc(N=Nc2ccc3c(c2)CCCC3)cc1. The molecule has 3 rings (SSSR count). The van der Waals surface area contributed by atoms with Crippen molar-refractivity contribution in [2.24, 2.45) is 10.2 Å². The second-order valence-corrected chi connectivity index (χ2v) is 4.88.